The zero-order valence-corrected chi connectivity index (χ0v) is 21.2. The average Bonchev–Trinajstić information content (AvgIpc) is 3.30. The molecular weight excluding hydrogens is 458 g/mol. The van der Waals surface area contributed by atoms with E-state index in [0.29, 0.717) is 17.9 Å². The lowest BCUT2D eigenvalue weighted by molar-refractivity contribution is 0.139. The van der Waals surface area contributed by atoms with Crippen molar-refractivity contribution >= 4 is 17.0 Å². The van der Waals surface area contributed by atoms with Crippen molar-refractivity contribution in [2.45, 2.75) is 32.5 Å². The summed E-state index contributed by atoms with van der Waals surface area (Å²) in [5.41, 5.74) is 12.9. The molecule has 5 aromatic rings. The molecule has 0 saturated carbocycles. The molecule has 0 amide bonds. The van der Waals surface area contributed by atoms with Gasteiger partial charge >= 0.3 is 0 Å². The largest absolute Gasteiger partial charge is 0.383 e. The molecule has 0 radical (unpaired) electrons. The van der Waals surface area contributed by atoms with Gasteiger partial charge in [0.05, 0.1) is 11.3 Å². The first kappa shape index (κ1) is 23.3. The maximum atomic E-state index is 6.30. The summed E-state index contributed by atoms with van der Waals surface area (Å²) in [6.45, 7) is 7.52. The zero-order chi connectivity index (χ0) is 25.4. The first-order valence-corrected chi connectivity index (χ1v) is 12.8. The fourth-order valence-corrected chi connectivity index (χ4v) is 5.06. The molecule has 0 spiro atoms. The molecule has 0 bridgehead atoms. The smallest absolute Gasteiger partial charge is 0.165 e. The summed E-state index contributed by atoms with van der Waals surface area (Å²) in [7, 11) is 0. The van der Waals surface area contributed by atoms with Gasteiger partial charge in [-0.1, -0.05) is 42.5 Å². The minimum absolute atomic E-state index is 0.445. The van der Waals surface area contributed by atoms with Crippen molar-refractivity contribution in [2.75, 3.05) is 18.8 Å². The van der Waals surface area contributed by atoms with Crippen molar-refractivity contribution in [3.05, 3.63) is 90.6 Å². The second-order valence-electron chi connectivity index (χ2n) is 9.87. The Morgan fingerprint density at radius 3 is 2.51 bits per heavy atom. The number of benzene rings is 2. The van der Waals surface area contributed by atoms with Gasteiger partial charge in [-0.15, -0.1) is 0 Å². The Hall–Kier alpha value is -4.07. The van der Waals surface area contributed by atoms with Gasteiger partial charge in [-0.05, 0) is 55.8 Å². The number of hydrogen-bond donors (Lipinski definition) is 2. The lowest BCUT2D eigenvalue weighted by Crippen LogP contribution is -2.53. The molecule has 7 nitrogen and oxygen atoms in total. The SMILES string of the molecule is C[C@H]1CN(Cc2ccc(-n3c(-c4cccnc4N)nc4ccc(-c5ccccc5)nc43)cc2)[C@@H](C)CN1. The number of aromatic nitrogens is 4. The van der Waals surface area contributed by atoms with E-state index in [1.165, 1.54) is 5.56 Å². The van der Waals surface area contributed by atoms with E-state index < -0.39 is 0 Å². The summed E-state index contributed by atoms with van der Waals surface area (Å²) in [6.07, 6.45) is 1.70. The second kappa shape index (κ2) is 9.76. The normalized spacial score (nSPS) is 18.3. The molecule has 2 aromatic carbocycles. The van der Waals surface area contributed by atoms with Crippen LogP contribution in [0.5, 0.6) is 0 Å². The van der Waals surface area contributed by atoms with Gasteiger partial charge in [0.1, 0.15) is 11.3 Å². The topological polar surface area (TPSA) is 84.9 Å². The van der Waals surface area contributed by atoms with Crippen LogP contribution in [0, 0.1) is 0 Å². The molecule has 1 saturated heterocycles. The third kappa shape index (κ3) is 4.59. The van der Waals surface area contributed by atoms with Crippen molar-refractivity contribution in [3.8, 4) is 28.3 Å². The van der Waals surface area contributed by atoms with Gasteiger partial charge < -0.3 is 11.1 Å². The third-order valence-corrected chi connectivity index (χ3v) is 7.13. The van der Waals surface area contributed by atoms with Crippen LogP contribution in [0.15, 0.2) is 85.1 Å². The Morgan fingerprint density at radius 2 is 1.73 bits per heavy atom. The highest BCUT2D eigenvalue weighted by molar-refractivity contribution is 5.84. The van der Waals surface area contributed by atoms with E-state index >= 15 is 0 Å². The Kier molecular flexibility index (Phi) is 6.16. The molecule has 186 valence electrons. The minimum atomic E-state index is 0.445. The maximum Gasteiger partial charge on any atom is 0.165 e. The Labute approximate surface area is 217 Å². The molecule has 37 heavy (non-hydrogen) atoms. The molecule has 4 heterocycles. The number of pyridine rings is 2. The Bertz CT molecular complexity index is 1530. The number of imidazole rings is 1. The molecule has 1 aliphatic rings. The van der Waals surface area contributed by atoms with Gasteiger partial charge in [0.15, 0.2) is 11.5 Å². The van der Waals surface area contributed by atoms with Crippen LogP contribution < -0.4 is 11.1 Å². The summed E-state index contributed by atoms with van der Waals surface area (Å²) in [5.74, 6) is 1.18. The lowest BCUT2D eigenvalue weighted by atomic mass is 10.1. The Balaban J connectivity index is 1.44. The van der Waals surface area contributed by atoms with E-state index in [9.17, 15) is 0 Å². The standard InChI is InChI=1S/C30H31N7/c1-20-18-36(21(2)17-33-20)19-22-10-12-24(13-11-22)37-29(25-9-6-16-32-28(25)31)35-27-15-14-26(34-30(27)37)23-7-4-3-5-8-23/h3-16,20-21,33H,17-19H2,1-2H3,(H2,31,32)/t20-,21-/m0/s1. The van der Waals surface area contributed by atoms with Crippen LogP contribution in [-0.4, -0.2) is 49.6 Å². The van der Waals surface area contributed by atoms with Gasteiger partial charge in [-0.25, -0.2) is 15.0 Å². The van der Waals surface area contributed by atoms with E-state index in [-0.39, 0.29) is 0 Å². The monoisotopic (exact) mass is 489 g/mol. The number of rotatable bonds is 5. The van der Waals surface area contributed by atoms with Crippen molar-refractivity contribution in [1.29, 1.82) is 0 Å². The number of piperazine rings is 1. The quantitative estimate of drug-likeness (QED) is 0.365. The highest BCUT2D eigenvalue weighted by atomic mass is 15.2. The van der Waals surface area contributed by atoms with E-state index in [2.05, 4.69) is 70.0 Å². The molecule has 0 aliphatic carbocycles. The van der Waals surface area contributed by atoms with Crippen LogP contribution in [0.4, 0.5) is 5.82 Å². The second-order valence-corrected chi connectivity index (χ2v) is 9.87. The van der Waals surface area contributed by atoms with Gasteiger partial charge in [-0.3, -0.25) is 9.47 Å². The molecule has 1 aliphatic heterocycles. The fraction of sp³-hybridized carbons (Fsp3) is 0.233. The summed E-state index contributed by atoms with van der Waals surface area (Å²) < 4.78 is 2.09. The molecule has 3 aromatic heterocycles. The predicted molar refractivity (Wildman–Crippen MR) is 149 cm³/mol. The fourth-order valence-electron chi connectivity index (χ4n) is 5.06. The van der Waals surface area contributed by atoms with Gasteiger partial charge in [0.25, 0.3) is 0 Å². The van der Waals surface area contributed by atoms with Crippen LogP contribution >= 0.6 is 0 Å². The molecule has 7 heteroatoms. The van der Waals surface area contributed by atoms with Crippen LogP contribution in [0.25, 0.3) is 39.5 Å². The summed E-state index contributed by atoms with van der Waals surface area (Å²) in [6, 6.07) is 27.8. The van der Waals surface area contributed by atoms with Gasteiger partial charge in [-0.2, -0.15) is 0 Å². The molecular formula is C30H31N7. The van der Waals surface area contributed by atoms with Crippen LogP contribution in [0.2, 0.25) is 0 Å². The third-order valence-electron chi connectivity index (χ3n) is 7.13. The van der Waals surface area contributed by atoms with E-state index in [1.54, 1.807) is 6.20 Å². The zero-order valence-electron chi connectivity index (χ0n) is 21.2. The number of fused-ring (bicyclic) bond motifs is 1. The summed E-state index contributed by atoms with van der Waals surface area (Å²) in [4.78, 5) is 16.9. The number of nitrogens with one attached hydrogen (secondary N) is 1. The molecule has 0 unspecified atom stereocenters. The maximum absolute atomic E-state index is 6.30. The number of hydrogen-bond acceptors (Lipinski definition) is 6. The number of anilines is 1. The van der Waals surface area contributed by atoms with Crippen molar-refractivity contribution in [2.24, 2.45) is 0 Å². The summed E-state index contributed by atoms with van der Waals surface area (Å²) >= 11 is 0. The minimum Gasteiger partial charge on any atom is -0.383 e. The molecule has 3 N–H and O–H groups in total. The van der Waals surface area contributed by atoms with Gasteiger partial charge in [0.2, 0.25) is 0 Å². The first-order chi connectivity index (χ1) is 18.1. The van der Waals surface area contributed by atoms with E-state index in [0.717, 1.165) is 59.1 Å². The molecule has 2 atom stereocenters. The predicted octanol–water partition coefficient (Wildman–Crippen LogP) is 4.91. The first-order valence-electron chi connectivity index (χ1n) is 12.8. The van der Waals surface area contributed by atoms with Crippen LogP contribution in [0.3, 0.4) is 0 Å². The van der Waals surface area contributed by atoms with Crippen molar-refractivity contribution < 1.29 is 0 Å². The number of nitrogen functional groups attached to an aromatic ring is 1. The van der Waals surface area contributed by atoms with E-state index in [4.69, 9.17) is 15.7 Å². The van der Waals surface area contributed by atoms with E-state index in [1.807, 2.05) is 42.5 Å². The van der Waals surface area contributed by atoms with Crippen molar-refractivity contribution in [1.82, 2.24) is 29.7 Å². The van der Waals surface area contributed by atoms with Crippen LogP contribution in [0.1, 0.15) is 19.4 Å². The highest BCUT2D eigenvalue weighted by Crippen LogP contribution is 2.32. The number of nitrogens with two attached hydrogens (primary N) is 1. The molecule has 1 fully saturated rings. The van der Waals surface area contributed by atoms with Crippen molar-refractivity contribution in [3.63, 3.8) is 0 Å². The molecule has 6 rings (SSSR count). The number of nitrogens with zero attached hydrogens (tertiary/aromatic N) is 5. The lowest BCUT2D eigenvalue weighted by Gasteiger charge is -2.37. The average molecular weight is 490 g/mol. The highest BCUT2D eigenvalue weighted by Gasteiger charge is 2.23. The Morgan fingerprint density at radius 1 is 0.919 bits per heavy atom. The van der Waals surface area contributed by atoms with Crippen LogP contribution in [-0.2, 0) is 6.54 Å². The van der Waals surface area contributed by atoms with Gasteiger partial charge in [0, 0.05) is 49.2 Å². The summed E-state index contributed by atoms with van der Waals surface area (Å²) in [5, 5.41) is 3.56.